The van der Waals surface area contributed by atoms with Gasteiger partial charge in [0.05, 0.1) is 11.2 Å². The van der Waals surface area contributed by atoms with Crippen LogP contribution in [0.1, 0.15) is 17.4 Å². The number of carbonyl (C=O) groups is 2. The third-order valence-corrected chi connectivity index (χ3v) is 6.10. The van der Waals surface area contributed by atoms with Gasteiger partial charge >= 0.3 is 5.97 Å². The van der Waals surface area contributed by atoms with Crippen molar-refractivity contribution < 1.29 is 19.8 Å². The number of carbonyl (C=O) groups excluding carboxylic acids is 1. The van der Waals surface area contributed by atoms with Crippen LogP contribution in [0, 0.1) is 0 Å². The number of nitrogens with zero attached hydrogens (tertiary/aromatic N) is 3. The molecule has 5 aromatic rings. The van der Waals surface area contributed by atoms with E-state index in [9.17, 15) is 24.6 Å². The van der Waals surface area contributed by atoms with Crippen molar-refractivity contribution >= 4 is 22.8 Å². The lowest BCUT2D eigenvalue weighted by Gasteiger charge is -2.19. The molecule has 9 heteroatoms. The first-order valence-electron chi connectivity index (χ1n) is 11.7. The molecule has 0 aliphatic heterocycles. The van der Waals surface area contributed by atoms with Crippen molar-refractivity contribution in [2.75, 3.05) is 0 Å². The van der Waals surface area contributed by atoms with Crippen molar-refractivity contribution in [1.29, 1.82) is 0 Å². The number of hydrogen-bond acceptors (Lipinski definition) is 6. The van der Waals surface area contributed by atoms with E-state index >= 15 is 0 Å². The predicted molar refractivity (Wildman–Crippen MR) is 142 cm³/mol. The minimum Gasteiger partial charge on any atom is -0.505 e. The van der Waals surface area contributed by atoms with Crippen LogP contribution in [0.3, 0.4) is 0 Å². The summed E-state index contributed by atoms with van der Waals surface area (Å²) in [5.41, 5.74) is 1.71. The monoisotopic (exact) mass is 506 g/mol. The van der Waals surface area contributed by atoms with Gasteiger partial charge < -0.3 is 15.5 Å². The number of aromatic hydroxyl groups is 1. The molecule has 3 aromatic heterocycles. The smallest absolute Gasteiger partial charge is 0.325 e. The van der Waals surface area contributed by atoms with Crippen LogP contribution in [-0.4, -0.2) is 42.7 Å². The number of aliphatic carboxylic acids is 1. The topological polar surface area (TPSA) is 134 Å². The highest BCUT2D eigenvalue weighted by atomic mass is 16.4. The highest BCUT2D eigenvalue weighted by Gasteiger charge is 2.26. The predicted octanol–water partition coefficient (Wildman–Crippen LogP) is 4.02. The number of aromatic nitrogens is 3. The number of amides is 1. The average Bonchev–Trinajstić information content (AvgIpc) is 2.94. The molecule has 0 aliphatic carbocycles. The van der Waals surface area contributed by atoms with Gasteiger partial charge in [0.15, 0.2) is 11.4 Å². The fraction of sp³-hybridized carbons (Fsp3) is 0.0690. The zero-order valence-corrected chi connectivity index (χ0v) is 20.2. The standard InChI is InChI=1S/C29H22N4O5/c1-17(29(37)38)31-27(35)24-26(34)22-15-21(18-9-4-2-5-10-18)28(36)33(20-12-6-3-7-13-20)25(22)23(32-24)19-11-8-14-30-16-19/h2-17,34H,1H3,(H,31,35)(H,37,38). The van der Waals surface area contributed by atoms with E-state index in [0.717, 1.165) is 0 Å². The number of para-hydroxylation sites is 1. The normalized spacial score (nSPS) is 11.7. The molecule has 9 nitrogen and oxygen atoms in total. The van der Waals surface area contributed by atoms with Crippen molar-refractivity contribution in [3.63, 3.8) is 0 Å². The van der Waals surface area contributed by atoms with Crippen LogP contribution in [0.4, 0.5) is 0 Å². The Bertz CT molecular complexity index is 1720. The molecule has 0 bridgehead atoms. The molecule has 0 radical (unpaired) electrons. The largest absolute Gasteiger partial charge is 0.505 e. The number of nitrogens with one attached hydrogen (secondary N) is 1. The molecule has 0 aliphatic rings. The summed E-state index contributed by atoms with van der Waals surface area (Å²) in [6.45, 7) is 1.31. The zero-order chi connectivity index (χ0) is 26.8. The van der Waals surface area contributed by atoms with Crippen molar-refractivity contribution in [1.82, 2.24) is 19.9 Å². The molecule has 1 atom stereocenters. The summed E-state index contributed by atoms with van der Waals surface area (Å²) in [5.74, 6) is -2.59. The summed E-state index contributed by atoms with van der Waals surface area (Å²) >= 11 is 0. The summed E-state index contributed by atoms with van der Waals surface area (Å²) in [7, 11) is 0. The van der Waals surface area contributed by atoms with Gasteiger partial charge in [-0.15, -0.1) is 0 Å². The number of rotatable bonds is 6. The lowest BCUT2D eigenvalue weighted by molar-refractivity contribution is -0.138. The van der Waals surface area contributed by atoms with Gasteiger partial charge in [-0.05, 0) is 42.8 Å². The zero-order valence-electron chi connectivity index (χ0n) is 20.2. The van der Waals surface area contributed by atoms with E-state index in [2.05, 4.69) is 15.3 Å². The van der Waals surface area contributed by atoms with Crippen LogP contribution in [0.15, 0.2) is 96.1 Å². The van der Waals surface area contributed by atoms with Crippen LogP contribution in [0.2, 0.25) is 0 Å². The van der Waals surface area contributed by atoms with Crippen molar-refractivity contribution in [2.45, 2.75) is 13.0 Å². The van der Waals surface area contributed by atoms with Gasteiger partial charge in [0.2, 0.25) is 0 Å². The molecular formula is C29H22N4O5. The van der Waals surface area contributed by atoms with E-state index in [1.54, 1.807) is 66.9 Å². The van der Waals surface area contributed by atoms with E-state index < -0.39 is 23.7 Å². The Morgan fingerprint density at radius 2 is 1.61 bits per heavy atom. The summed E-state index contributed by atoms with van der Waals surface area (Å²) in [5, 5.41) is 23.2. The second-order valence-corrected chi connectivity index (χ2v) is 8.60. The SMILES string of the molecule is CC(NC(=O)c1nc(-c2cccnc2)c2c(cc(-c3ccccc3)c(=O)n2-c2ccccc2)c1O)C(=O)O. The lowest BCUT2D eigenvalue weighted by Crippen LogP contribution is -2.38. The van der Waals surface area contributed by atoms with Gasteiger partial charge in [-0.3, -0.25) is 23.9 Å². The van der Waals surface area contributed by atoms with Crippen LogP contribution >= 0.6 is 0 Å². The number of hydrogen-bond donors (Lipinski definition) is 3. The number of fused-ring (bicyclic) bond motifs is 1. The maximum atomic E-state index is 14.0. The maximum absolute atomic E-state index is 14.0. The summed E-state index contributed by atoms with van der Waals surface area (Å²) in [4.78, 5) is 47.1. The summed E-state index contributed by atoms with van der Waals surface area (Å²) in [6.07, 6.45) is 3.11. The van der Waals surface area contributed by atoms with E-state index in [0.29, 0.717) is 22.4 Å². The molecule has 1 amide bonds. The lowest BCUT2D eigenvalue weighted by atomic mass is 10.0. The Kier molecular flexibility index (Phi) is 6.40. The van der Waals surface area contributed by atoms with Crippen molar-refractivity contribution in [2.24, 2.45) is 0 Å². The minimum absolute atomic E-state index is 0.189. The number of pyridine rings is 3. The van der Waals surface area contributed by atoms with E-state index in [1.807, 2.05) is 12.1 Å². The third-order valence-electron chi connectivity index (χ3n) is 6.10. The van der Waals surface area contributed by atoms with Gasteiger partial charge in [0, 0.05) is 34.6 Å². The Morgan fingerprint density at radius 1 is 0.947 bits per heavy atom. The quantitative estimate of drug-likeness (QED) is 0.317. The van der Waals surface area contributed by atoms with Crippen LogP contribution < -0.4 is 10.9 Å². The number of benzene rings is 2. The van der Waals surface area contributed by atoms with Crippen LogP contribution in [0.25, 0.3) is 39.0 Å². The molecule has 2 aromatic carbocycles. The van der Waals surface area contributed by atoms with Gasteiger partial charge in [0.25, 0.3) is 11.5 Å². The number of carboxylic acid groups (broad SMARTS) is 1. The van der Waals surface area contributed by atoms with Gasteiger partial charge in [-0.25, -0.2) is 4.98 Å². The Morgan fingerprint density at radius 3 is 2.24 bits per heavy atom. The highest BCUT2D eigenvalue weighted by Crippen LogP contribution is 2.37. The van der Waals surface area contributed by atoms with Gasteiger partial charge in [-0.2, -0.15) is 0 Å². The molecule has 188 valence electrons. The van der Waals surface area contributed by atoms with Crippen molar-refractivity contribution in [3.05, 3.63) is 107 Å². The molecule has 0 saturated heterocycles. The maximum Gasteiger partial charge on any atom is 0.325 e. The Balaban J connectivity index is 1.93. The molecule has 38 heavy (non-hydrogen) atoms. The fourth-order valence-corrected chi connectivity index (χ4v) is 4.21. The van der Waals surface area contributed by atoms with Gasteiger partial charge in [-0.1, -0.05) is 48.5 Å². The van der Waals surface area contributed by atoms with Crippen molar-refractivity contribution in [3.8, 4) is 33.8 Å². The Labute approximate surface area is 216 Å². The molecule has 0 fully saturated rings. The molecule has 0 spiro atoms. The van der Waals surface area contributed by atoms with Crippen LogP contribution in [-0.2, 0) is 4.79 Å². The summed E-state index contributed by atoms with van der Waals surface area (Å²) in [6, 6.07) is 21.6. The molecule has 3 N–H and O–H groups in total. The molecule has 1 unspecified atom stereocenters. The van der Waals surface area contributed by atoms with Crippen LogP contribution in [0.5, 0.6) is 5.75 Å². The third kappa shape index (κ3) is 4.37. The minimum atomic E-state index is -1.24. The molecule has 0 saturated carbocycles. The van der Waals surface area contributed by atoms with Gasteiger partial charge in [0.1, 0.15) is 6.04 Å². The highest BCUT2D eigenvalue weighted by molar-refractivity contribution is 6.07. The first-order chi connectivity index (χ1) is 18.4. The fourth-order valence-electron chi connectivity index (χ4n) is 4.21. The molecule has 5 rings (SSSR count). The second kappa shape index (κ2) is 9.98. The first-order valence-corrected chi connectivity index (χ1v) is 11.7. The number of carboxylic acids is 1. The first kappa shape index (κ1) is 24.4. The Hall–Kier alpha value is -5.31. The van der Waals surface area contributed by atoms with E-state index in [1.165, 1.54) is 23.8 Å². The molecule has 3 heterocycles. The average molecular weight is 507 g/mol. The van der Waals surface area contributed by atoms with E-state index in [4.69, 9.17) is 0 Å². The summed E-state index contributed by atoms with van der Waals surface area (Å²) < 4.78 is 1.45. The second-order valence-electron chi connectivity index (χ2n) is 8.60. The molecular weight excluding hydrogens is 484 g/mol. The van der Waals surface area contributed by atoms with E-state index in [-0.39, 0.29) is 27.9 Å².